The van der Waals surface area contributed by atoms with Crippen LogP contribution in [0.1, 0.15) is 12.8 Å². The van der Waals surface area contributed by atoms with E-state index in [1.54, 1.807) is 16.7 Å². The van der Waals surface area contributed by atoms with Gasteiger partial charge in [-0.2, -0.15) is 0 Å². The predicted octanol–water partition coefficient (Wildman–Crippen LogP) is -0.289. The molecule has 1 aliphatic rings. The van der Waals surface area contributed by atoms with Crippen molar-refractivity contribution in [1.82, 2.24) is 4.90 Å². The molecule has 1 atom stereocenters. The Hall–Kier alpha value is -0.750. The van der Waals surface area contributed by atoms with Gasteiger partial charge in [-0.3, -0.25) is 9.59 Å². The first-order valence-electron chi connectivity index (χ1n) is 4.45. The number of carbonyl (C=O) groups excluding carboxylic acids is 1. The molecule has 0 unspecified atom stereocenters. The Morgan fingerprint density at radius 1 is 1.57 bits per heavy atom. The fourth-order valence-electron chi connectivity index (χ4n) is 1.17. The molecule has 0 radical (unpaired) electrons. The van der Waals surface area contributed by atoms with Gasteiger partial charge in [0.25, 0.3) is 0 Å². The Balaban J connectivity index is 2.23. The van der Waals surface area contributed by atoms with Crippen LogP contribution in [0, 0.1) is 0 Å². The van der Waals surface area contributed by atoms with Crippen LogP contribution in [0.5, 0.6) is 0 Å². The van der Waals surface area contributed by atoms with Crippen LogP contribution < -0.4 is 5.73 Å². The standard InChI is InChI=1S/C8H14N2O3S/c9-6(8(12)13)1-2-7(11)10-3-4-14-5-10/h6H,1-5,9H2,(H,12,13)/t6-/m0/s1. The summed E-state index contributed by atoms with van der Waals surface area (Å²) in [7, 11) is 0. The molecule has 80 valence electrons. The van der Waals surface area contributed by atoms with Crippen molar-refractivity contribution in [1.29, 1.82) is 0 Å². The molecule has 6 heteroatoms. The maximum atomic E-state index is 11.4. The van der Waals surface area contributed by atoms with E-state index in [9.17, 15) is 9.59 Å². The number of nitrogens with zero attached hydrogens (tertiary/aromatic N) is 1. The van der Waals surface area contributed by atoms with E-state index in [1.807, 2.05) is 0 Å². The first kappa shape index (κ1) is 11.3. The first-order chi connectivity index (χ1) is 6.61. The molecule has 0 spiro atoms. The second kappa shape index (κ2) is 5.21. The van der Waals surface area contributed by atoms with Crippen molar-refractivity contribution in [2.45, 2.75) is 18.9 Å². The lowest BCUT2D eigenvalue weighted by atomic mass is 10.1. The van der Waals surface area contributed by atoms with Crippen LogP contribution in [0.25, 0.3) is 0 Å². The third-order valence-corrected chi connectivity index (χ3v) is 3.06. The molecule has 0 aromatic heterocycles. The van der Waals surface area contributed by atoms with Gasteiger partial charge in [0.15, 0.2) is 0 Å². The number of thioether (sulfide) groups is 1. The van der Waals surface area contributed by atoms with Gasteiger partial charge in [0, 0.05) is 18.7 Å². The molecular weight excluding hydrogens is 204 g/mol. The number of carboxylic acids is 1. The van der Waals surface area contributed by atoms with E-state index < -0.39 is 12.0 Å². The largest absolute Gasteiger partial charge is 0.480 e. The highest BCUT2D eigenvalue weighted by Gasteiger charge is 2.20. The Morgan fingerprint density at radius 3 is 2.79 bits per heavy atom. The van der Waals surface area contributed by atoms with E-state index in [0.29, 0.717) is 0 Å². The van der Waals surface area contributed by atoms with Gasteiger partial charge < -0.3 is 15.7 Å². The van der Waals surface area contributed by atoms with Crippen molar-refractivity contribution >= 4 is 23.6 Å². The molecule has 1 saturated heterocycles. The summed E-state index contributed by atoms with van der Waals surface area (Å²) in [6.45, 7) is 0.770. The first-order valence-corrected chi connectivity index (χ1v) is 5.60. The average Bonchev–Trinajstić information content (AvgIpc) is 2.66. The summed E-state index contributed by atoms with van der Waals surface area (Å²) in [6.07, 6.45) is 0.448. The summed E-state index contributed by atoms with van der Waals surface area (Å²) in [4.78, 5) is 23.6. The van der Waals surface area contributed by atoms with E-state index in [0.717, 1.165) is 18.2 Å². The number of carbonyl (C=O) groups is 2. The molecule has 1 rings (SSSR count). The van der Waals surface area contributed by atoms with Crippen LogP contribution in [0.4, 0.5) is 0 Å². The minimum Gasteiger partial charge on any atom is -0.480 e. The summed E-state index contributed by atoms with van der Waals surface area (Å²) in [5.74, 6) is 0.651. The van der Waals surface area contributed by atoms with Crippen molar-refractivity contribution < 1.29 is 14.7 Å². The molecule has 0 aromatic rings. The molecule has 1 amide bonds. The highest BCUT2D eigenvalue weighted by molar-refractivity contribution is 7.99. The van der Waals surface area contributed by atoms with E-state index in [1.165, 1.54) is 0 Å². The number of aliphatic carboxylic acids is 1. The third kappa shape index (κ3) is 3.19. The minimum atomic E-state index is -1.05. The summed E-state index contributed by atoms with van der Waals surface area (Å²) in [5.41, 5.74) is 5.29. The molecular formula is C8H14N2O3S. The predicted molar refractivity (Wildman–Crippen MR) is 53.9 cm³/mol. The molecule has 0 aromatic carbocycles. The van der Waals surface area contributed by atoms with Crippen LogP contribution in [-0.4, -0.2) is 46.1 Å². The van der Waals surface area contributed by atoms with Crippen molar-refractivity contribution in [3.05, 3.63) is 0 Å². The molecule has 0 aliphatic carbocycles. The number of hydrogen-bond acceptors (Lipinski definition) is 4. The SMILES string of the molecule is N[C@@H](CCC(=O)N1CCSC1)C(=O)O. The summed E-state index contributed by atoms with van der Waals surface area (Å²) >= 11 is 1.71. The normalized spacial score (nSPS) is 18.2. The average molecular weight is 218 g/mol. The van der Waals surface area contributed by atoms with Crippen LogP contribution in [-0.2, 0) is 9.59 Å². The highest BCUT2D eigenvalue weighted by atomic mass is 32.2. The van der Waals surface area contributed by atoms with Crippen LogP contribution in [0.2, 0.25) is 0 Å². The van der Waals surface area contributed by atoms with E-state index >= 15 is 0 Å². The second-order valence-corrected chi connectivity index (χ2v) is 4.25. The van der Waals surface area contributed by atoms with Crippen LogP contribution in [0.15, 0.2) is 0 Å². The number of hydrogen-bond donors (Lipinski definition) is 2. The van der Waals surface area contributed by atoms with Gasteiger partial charge in [-0.1, -0.05) is 0 Å². The molecule has 0 bridgehead atoms. The van der Waals surface area contributed by atoms with Gasteiger partial charge >= 0.3 is 5.97 Å². The lowest BCUT2D eigenvalue weighted by molar-refractivity contribution is -0.139. The second-order valence-electron chi connectivity index (χ2n) is 3.18. The van der Waals surface area contributed by atoms with Crippen molar-refractivity contribution in [2.24, 2.45) is 5.73 Å². The topological polar surface area (TPSA) is 83.6 Å². The van der Waals surface area contributed by atoms with E-state index in [-0.39, 0.29) is 18.7 Å². The maximum absolute atomic E-state index is 11.4. The number of nitrogens with two attached hydrogens (primary N) is 1. The zero-order chi connectivity index (χ0) is 10.6. The Kier molecular flexibility index (Phi) is 4.21. The highest BCUT2D eigenvalue weighted by Crippen LogP contribution is 2.14. The van der Waals surface area contributed by atoms with Gasteiger partial charge in [0.1, 0.15) is 6.04 Å². The fourth-order valence-corrected chi connectivity index (χ4v) is 2.14. The van der Waals surface area contributed by atoms with Gasteiger partial charge in [-0.25, -0.2) is 0 Å². The summed E-state index contributed by atoms with van der Waals surface area (Å²) < 4.78 is 0. The van der Waals surface area contributed by atoms with Gasteiger partial charge in [0.05, 0.1) is 5.88 Å². The number of rotatable bonds is 4. The van der Waals surface area contributed by atoms with Gasteiger partial charge in [-0.05, 0) is 6.42 Å². The molecule has 1 aliphatic heterocycles. The van der Waals surface area contributed by atoms with Crippen molar-refractivity contribution in [3.63, 3.8) is 0 Å². The quantitative estimate of drug-likeness (QED) is 0.677. The molecule has 3 N–H and O–H groups in total. The number of carboxylic acid groups (broad SMARTS) is 1. The third-order valence-electron chi connectivity index (χ3n) is 2.09. The smallest absolute Gasteiger partial charge is 0.320 e. The zero-order valence-electron chi connectivity index (χ0n) is 7.81. The fraction of sp³-hybridized carbons (Fsp3) is 0.750. The lowest BCUT2D eigenvalue weighted by Gasteiger charge is -2.14. The molecule has 0 saturated carbocycles. The van der Waals surface area contributed by atoms with Crippen molar-refractivity contribution in [3.8, 4) is 0 Å². The monoisotopic (exact) mass is 218 g/mol. The van der Waals surface area contributed by atoms with Crippen LogP contribution >= 0.6 is 11.8 Å². The summed E-state index contributed by atoms with van der Waals surface area (Å²) in [6, 6.07) is -0.922. The maximum Gasteiger partial charge on any atom is 0.320 e. The van der Waals surface area contributed by atoms with E-state index in [2.05, 4.69) is 0 Å². The zero-order valence-corrected chi connectivity index (χ0v) is 8.63. The summed E-state index contributed by atoms with van der Waals surface area (Å²) in [5, 5.41) is 8.51. The van der Waals surface area contributed by atoms with Gasteiger partial charge in [0.2, 0.25) is 5.91 Å². The molecule has 14 heavy (non-hydrogen) atoms. The Morgan fingerprint density at radius 2 is 2.29 bits per heavy atom. The molecule has 5 nitrogen and oxygen atoms in total. The van der Waals surface area contributed by atoms with Crippen molar-refractivity contribution in [2.75, 3.05) is 18.2 Å². The van der Waals surface area contributed by atoms with E-state index in [4.69, 9.17) is 10.8 Å². The Bertz CT molecular complexity index is 229. The van der Waals surface area contributed by atoms with Gasteiger partial charge in [-0.15, -0.1) is 11.8 Å². The lowest BCUT2D eigenvalue weighted by Crippen LogP contribution is -2.33. The molecule has 1 heterocycles. The van der Waals surface area contributed by atoms with Crippen LogP contribution in [0.3, 0.4) is 0 Å². The Labute approximate surface area is 86.6 Å². The molecule has 1 fully saturated rings. The number of amides is 1. The minimum absolute atomic E-state index is 0.00620.